The van der Waals surface area contributed by atoms with Crippen LogP contribution < -0.4 is 0 Å². The van der Waals surface area contributed by atoms with Gasteiger partial charge in [0, 0.05) is 16.5 Å². The van der Waals surface area contributed by atoms with E-state index in [1.54, 1.807) is 0 Å². The van der Waals surface area contributed by atoms with E-state index in [4.69, 9.17) is 0 Å². The first kappa shape index (κ1) is 11.2. The lowest BCUT2D eigenvalue weighted by atomic mass is 9.89. The topological polar surface area (TPSA) is 17.1 Å². The molecule has 0 atom stereocenters. The highest BCUT2D eigenvalue weighted by Gasteiger charge is 2.27. The lowest BCUT2D eigenvalue weighted by Crippen LogP contribution is -2.09. The summed E-state index contributed by atoms with van der Waals surface area (Å²) in [5.41, 5.74) is 7.02. The molecule has 0 radical (unpaired) electrons. The molecule has 1 nitrogen and oxygen atoms in total. The number of halogens is 1. The van der Waals surface area contributed by atoms with Gasteiger partial charge in [-0.05, 0) is 40.3 Å². The Morgan fingerprint density at radius 1 is 0.947 bits per heavy atom. The van der Waals surface area contributed by atoms with Crippen LogP contribution in [0.2, 0.25) is 0 Å². The number of rotatable bonds is 0. The number of hydrogen-bond donors (Lipinski definition) is 0. The molecule has 0 fully saturated rings. The molecule has 19 heavy (non-hydrogen) atoms. The van der Waals surface area contributed by atoms with Crippen LogP contribution in [-0.4, -0.2) is 5.78 Å². The van der Waals surface area contributed by atoms with Crippen molar-refractivity contribution in [1.29, 1.82) is 0 Å². The van der Waals surface area contributed by atoms with Gasteiger partial charge in [-0.15, -0.1) is 0 Å². The van der Waals surface area contributed by atoms with Gasteiger partial charge in [0.25, 0.3) is 0 Å². The second-order valence-corrected chi connectivity index (χ2v) is 6.10. The molecule has 2 heteroatoms. The van der Waals surface area contributed by atoms with Gasteiger partial charge in [0.05, 0.1) is 0 Å². The Labute approximate surface area is 120 Å². The van der Waals surface area contributed by atoms with Crippen LogP contribution in [0.3, 0.4) is 0 Å². The third kappa shape index (κ3) is 1.56. The first-order chi connectivity index (χ1) is 9.24. The van der Waals surface area contributed by atoms with Crippen molar-refractivity contribution in [3.8, 4) is 11.1 Å². The van der Waals surface area contributed by atoms with Gasteiger partial charge in [0.1, 0.15) is 0 Å². The average Bonchev–Trinajstić information content (AvgIpc) is 2.76. The minimum atomic E-state index is 0.231. The van der Waals surface area contributed by atoms with Crippen molar-refractivity contribution in [2.45, 2.75) is 12.8 Å². The van der Waals surface area contributed by atoms with Gasteiger partial charge in [-0.1, -0.05) is 52.3 Å². The number of carbonyl (C=O) groups is 1. The summed E-state index contributed by atoms with van der Waals surface area (Å²) in [5, 5.41) is 0. The summed E-state index contributed by atoms with van der Waals surface area (Å²) in [6, 6.07) is 12.6. The van der Waals surface area contributed by atoms with Crippen LogP contribution in [0.5, 0.6) is 0 Å². The van der Waals surface area contributed by atoms with E-state index in [0.717, 1.165) is 22.0 Å². The normalized spacial score (nSPS) is 15.6. The van der Waals surface area contributed by atoms with E-state index in [-0.39, 0.29) is 5.78 Å². The van der Waals surface area contributed by atoms with Crippen LogP contribution in [0.15, 0.2) is 40.9 Å². The molecule has 0 N–H and O–H groups in total. The van der Waals surface area contributed by atoms with Crippen molar-refractivity contribution >= 4 is 27.8 Å². The van der Waals surface area contributed by atoms with E-state index in [1.807, 2.05) is 0 Å². The van der Waals surface area contributed by atoms with Crippen molar-refractivity contribution in [2.24, 2.45) is 0 Å². The van der Waals surface area contributed by atoms with Gasteiger partial charge in [0.2, 0.25) is 0 Å². The Morgan fingerprint density at radius 3 is 2.68 bits per heavy atom. The fourth-order valence-electron chi connectivity index (χ4n) is 3.14. The zero-order valence-electron chi connectivity index (χ0n) is 10.2. The molecule has 92 valence electrons. The van der Waals surface area contributed by atoms with Gasteiger partial charge in [-0.2, -0.15) is 0 Å². The Hall–Kier alpha value is -1.67. The second-order valence-electron chi connectivity index (χ2n) is 5.08. The number of benzene rings is 2. The molecule has 0 aromatic heterocycles. The number of hydrogen-bond acceptors (Lipinski definition) is 1. The molecule has 0 amide bonds. The predicted molar refractivity (Wildman–Crippen MR) is 80.5 cm³/mol. The van der Waals surface area contributed by atoms with E-state index in [1.165, 1.54) is 22.3 Å². The summed E-state index contributed by atoms with van der Waals surface area (Å²) in [5.74, 6) is 0.231. The van der Waals surface area contributed by atoms with Crippen molar-refractivity contribution < 1.29 is 4.79 Å². The first-order valence-corrected chi connectivity index (χ1v) is 7.17. The lowest BCUT2D eigenvalue weighted by molar-refractivity contribution is 0.0993. The summed E-state index contributed by atoms with van der Waals surface area (Å²) >= 11 is 3.45. The van der Waals surface area contributed by atoms with Crippen molar-refractivity contribution in [1.82, 2.24) is 0 Å². The number of allylic oxidation sites excluding steroid dienone is 1. The van der Waals surface area contributed by atoms with Crippen molar-refractivity contribution in [3.05, 3.63) is 63.1 Å². The van der Waals surface area contributed by atoms with Crippen LogP contribution in [0, 0.1) is 0 Å². The van der Waals surface area contributed by atoms with E-state index in [9.17, 15) is 4.79 Å². The molecule has 2 aliphatic carbocycles. The lowest BCUT2D eigenvalue weighted by Gasteiger charge is -2.16. The molecule has 0 bridgehead atoms. The maximum Gasteiger partial charge on any atom is 0.168 e. The summed E-state index contributed by atoms with van der Waals surface area (Å²) in [6.07, 6.45) is 3.44. The van der Waals surface area contributed by atoms with Crippen LogP contribution in [-0.2, 0) is 6.42 Å². The molecule has 0 heterocycles. The zero-order valence-corrected chi connectivity index (χ0v) is 11.8. The molecule has 2 aliphatic rings. The van der Waals surface area contributed by atoms with Gasteiger partial charge in [0.15, 0.2) is 5.78 Å². The highest BCUT2D eigenvalue weighted by Crippen LogP contribution is 2.41. The summed E-state index contributed by atoms with van der Waals surface area (Å²) in [6.45, 7) is 0. The Morgan fingerprint density at radius 2 is 1.79 bits per heavy atom. The van der Waals surface area contributed by atoms with Gasteiger partial charge < -0.3 is 0 Å². The third-order valence-electron chi connectivity index (χ3n) is 3.94. The van der Waals surface area contributed by atoms with Crippen LogP contribution in [0.4, 0.5) is 0 Å². The third-order valence-corrected chi connectivity index (χ3v) is 4.45. The molecule has 2 aromatic rings. The van der Waals surface area contributed by atoms with Crippen molar-refractivity contribution in [3.63, 3.8) is 0 Å². The Balaban J connectivity index is 2.01. The number of fused-ring (bicyclic) bond motifs is 5. The Kier molecular flexibility index (Phi) is 2.30. The van der Waals surface area contributed by atoms with Crippen LogP contribution in [0.25, 0.3) is 17.2 Å². The zero-order chi connectivity index (χ0) is 13.0. The number of ketones is 1. The fraction of sp³-hybridized carbons (Fsp3) is 0.118. The largest absolute Gasteiger partial charge is 0.294 e. The smallest absolute Gasteiger partial charge is 0.168 e. The standard InChI is InChI=1S/C17H11BrO/c18-12-7-11-5-6-14-13-4-2-1-3-10(13)8-15(14)17(11)16(19)9-12/h1-7H,8-9H2. The molecule has 0 unspecified atom stereocenters. The van der Waals surface area contributed by atoms with Gasteiger partial charge >= 0.3 is 0 Å². The van der Waals surface area contributed by atoms with E-state index >= 15 is 0 Å². The molecule has 0 saturated carbocycles. The molecule has 2 aromatic carbocycles. The van der Waals surface area contributed by atoms with E-state index < -0.39 is 0 Å². The van der Waals surface area contributed by atoms with E-state index in [0.29, 0.717) is 6.42 Å². The maximum absolute atomic E-state index is 12.3. The average molecular weight is 311 g/mol. The molecule has 0 aliphatic heterocycles. The Bertz CT molecular complexity index is 756. The highest BCUT2D eigenvalue weighted by molar-refractivity contribution is 9.11. The predicted octanol–water partition coefficient (Wildman–Crippen LogP) is 4.58. The SMILES string of the molecule is O=C1CC(Br)=Cc2ccc3c(c21)Cc1ccccc1-3. The minimum Gasteiger partial charge on any atom is -0.294 e. The number of Topliss-reactive ketones (excluding diaryl/α,β-unsaturated/α-hetero) is 1. The van der Waals surface area contributed by atoms with E-state index in [2.05, 4.69) is 58.4 Å². The first-order valence-electron chi connectivity index (χ1n) is 6.37. The van der Waals surface area contributed by atoms with Gasteiger partial charge in [-0.25, -0.2) is 0 Å². The summed E-state index contributed by atoms with van der Waals surface area (Å²) < 4.78 is 0.973. The minimum absolute atomic E-state index is 0.231. The summed E-state index contributed by atoms with van der Waals surface area (Å²) in [4.78, 5) is 12.3. The van der Waals surface area contributed by atoms with Gasteiger partial charge in [-0.3, -0.25) is 4.79 Å². The van der Waals surface area contributed by atoms with Crippen LogP contribution >= 0.6 is 15.9 Å². The molecule has 4 rings (SSSR count). The van der Waals surface area contributed by atoms with Crippen LogP contribution in [0.1, 0.15) is 33.5 Å². The molecule has 0 spiro atoms. The number of carbonyl (C=O) groups excluding carboxylic acids is 1. The molecular formula is C17H11BrO. The quantitative estimate of drug-likeness (QED) is 0.594. The molecule has 0 saturated heterocycles. The van der Waals surface area contributed by atoms with Crippen molar-refractivity contribution in [2.75, 3.05) is 0 Å². The monoisotopic (exact) mass is 310 g/mol. The summed E-state index contributed by atoms with van der Waals surface area (Å²) in [7, 11) is 0. The molecular weight excluding hydrogens is 300 g/mol. The second kappa shape index (κ2) is 3.91. The highest BCUT2D eigenvalue weighted by atomic mass is 79.9. The maximum atomic E-state index is 12.3. The fourth-order valence-corrected chi connectivity index (χ4v) is 3.64.